The normalized spacial score (nSPS) is 12.7. The van der Waals surface area contributed by atoms with Crippen molar-refractivity contribution in [3.8, 4) is 0 Å². The van der Waals surface area contributed by atoms with Crippen molar-refractivity contribution in [2.24, 2.45) is 0 Å². The number of carbonyl (C=O) groups excluding carboxylic acids is 3. The Hall–Kier alpha value is -3.41. The zero-order chi connectivity index (χ0) is 51.4. The molecule has 0 aromatic carbocycles. The van der Waals surface area contributed by atoms with E-state index in [1.807, 2.05) is 0 Å². The molecule has 71 heavy (non-hydrogen) atoms. The highest BCUT2D eigenvalue weighted by Crippen LogP contribution is 2.15. The van der Waals surface area contributed by atoms with E-state index >= 15 is 0 Å². The molecule has 0 fully saturated rings. The molecular formula is C65H112O6. The minimum Gasteiger partial charge on any atom is -0.462 e. The van der Waals surface area contributed by atoms with Gasteiger partial charge in [0.05, 0.1) is 0 Å². The predicted molar refractivity (Wildman–Crippen MR) is 307 cm³/mol. The highest BCUT2D eigenvalue weighted by Gasteiger charge is 2.19. The van der Waals surface area contributed by atoms with E-state index in [2.05, 4.69) is 106 Å². The molecule has 0 saturated heterocycles. The van der Waals surface area contributed by atoms with Crippen molar-refractivity contribution in [2.45, 2.75) is 297 Å². The molecule has 0 spiro atoms. The molecule has 0 aliphatic carbocycles. The highest BCUT2D eigenvalue weighted by atomic mass is 16.6. The zero-order valence-electron chi connectivity index (χ0n) is 46.7. The summed E-state index contributed by atoms with van der Waals surface area (Å²) in [5, 5.41) is 0. The van der Waals surface area contributed by atoms with Crippen LogP contribution < -0.4 is 0 Å². The van der Waals surface area contributed by atoms with Gasteiger partial charge in [-0.15, -0.1) is 0 Å². The molecule has 6 heteroatoms. The molecular weight excluding hydrogens is 877 g/mol. The Kier molecular flexibility index (Phi) is 56.3. The number of esters is 3. The number of carbonyl (C=O) groups is 3. The Morgan fingerprint density at radius 1 is 0.296 bits per heavy atom. The molecule has 1 atom stereocenters. The van der Waals surface area contributed by atoms with Crippen LogP contribution in [-0.2, 0) is 28.6 Å². The van der Waals surface area contributed by atoms with Crippen LogP contribution in [0.15, 0.2) is 85.1 Å². The second-order valence-corrected chi connectivity index (χ2v) is 19.9. The molecule has 0 amide bonds. The average Bonchev–Trinajstić information content (AvgIpc) is 3.37. The lowest BCUT2D eigenvalue weighted by molar-refractivity contribution is -0.167. The molecule has 0 aromatic heterocycles. The molecule has 0 N–H and O–H groups in total. The molecule has 0 unspecified atom stereocenters. The van der Waals surface area contributed by atoms with E-state index < -0.39 is 6.10 Å². The van der Waals surface area contributed by atoms with E-state index in [9.17, 15) is 14.4 Å². The fourth-order valence-corrected chi connectivity index (χ4v) is 8.34. The van der Waals surface area contributed by atoms with Gasteiger partial charge in [0.2, 0.25) is 0 Å². The summed E-state index contributed by atoms with van der Waals surface area (Å²) in [6.45, 7) is 6.48. The van der Waals surface area contributed by atoms with Gasteiger partial charge in [0.15, 0.2) is 6.10 Å². The van der Waals surface area contributed by atoms with E-state index in [1.165, 1.54) is 161 Å². The second kappa shape index (κ2) is 59.2. The van der Waals surface area contributed by atoms with Crippen LogP contribution >= 0.6 is 0 Å². The molecule has 0 aromatic rings. The molecule has 0 rings (SSSR count). The van der Waals surface area contributed by atoms with Gasteiger partial charge < -0.3 is 14.2 Å². The van der Waals surface area contributed by atoms with Crippen molar-refractivity contribution < 1.29 is 28.6 Å². The van der Waals surface area contributed by atoms with Crippen LogP contribution in [0.4, 0.5) is 0 Å². The van der Waals surface area contributed by atoms with Crippen molar-refractivity contribution in [1.82, 2.24) is 0 Å². The smallest absolute Gasteiger partial charge is 0.306 e. The first-order chi connectivity index (χ1) is 35.0. The van der Waals surface area contributed by atoms with Crippen LogP contribution in [0.25, 0.3) is 0 Å². The Balaban J connectivity index is 4.42. The lowest BCUT2D eigenvalue weighted by atomic mass is 10.1. The Labute approximate surface area is 439 Å². The average molecular weight is 990 g/mol. The van der Waals surface area contributed by atoms with Crippen molar-refractivity contribution >= 4 is 17.9 Å². The summed E-state index contributed by atoms with van der Waals surface area (Å²) in [5.74, 6) is -0.933. The molecule has 0 heterocycles. The van der Waals surface area contributed by atoms with Crippen molar-refractivity contribution in [3.05, 3.63) is 85.1 Å². The van der Waals surface area contributed by atoms with E-state index in [0.29, 0.717) is 19.3 Å². The second-order valence-electron chi connectivity index (χ2n) is 19.9. The van der Waals surface area contributed by atoms with Crippen LogP contribution in [0.5, 0.6) is 0 Å². The standard InChI is InChI=1S/C65H112O6/c1-4-7-10-13-16-19-22-25-28-30-32-34-37-40-43-46-49-52-55-58-64(67)70-61-62(60-69-63(66)57-54-51-48-45-42-39-36-27-24-21-18-15-12-9-6-3)71-65(68)59-56-53-50-47-44-41-38-35-33-31-29-26-23-20-17-14-11-8-5-2/h9,12,17-18,20-21,25-29,36,42,45,62H,4-8,10-11,13-16,19,22-24,30-35,37-41,43-44,46-61H2,1-3H3/b12-9-,20-17-,21-18-,28-25-,29-26-,36-27-,45-42-/t62-/m1/s1. The number of hydrogen-bond donors (Lipinski definition) is 0. The lowest BCUT2D eigenvalue weighted by Crippen LogP contribution is -2.30. The van der Waals surface area contributed by atoms with Gasteiger partial charge in [0.1, 0.15) is 13.2 Å². The monoisotopic (exact) mass is 989 g/mol. The molecule has 0 aliphatic heterocycles. The quantitative estimate of drug-likeness (QED) is 0.0261. The fourth-order valence-electron chi connectivity index (χ4n) is 8.34. The summed E-state index contributed by atoms with van der Waals surface area (Å²) in [7, 11) is 0. The van der Waals surface area contributed by atoms with E-state index in [1.54, 1.807) is 0 Å². The van der Waals surface area contributed by atoms with Crippen LogP contribution in [0.3, 0.4) is 0 Å². The molecule has 0 bridgehead atoms. The summed E-state index contributed by atoms with van der Waals surface area (Å²) < 4.78 is 16.9. The van der Waals surface area contributed by atoms with E-state index in [0.717, 1.165) is 89.9 Å². The summed E-state index contributed by atoms with van der Waals surface area (Å²) in [6, 6.07) is 0. The number of hydrogen-bond acceptors (Lipinski definition) is 6. The third-order valence-electron chi connectivity index (χ3n) is 12.9. The summed E-state index contributed by atoms with van der Waals surface area (Å²) in [6.07, 6.45) is 77.2. The SMILES string of the molecule is CC/C=C\C/C=C\C/C=C\C/C=C\CCCCC(=O)OC[C@H](COC(=O)CCCCCCCCCCC/C=C\CCCCCCCC)OC(=O)CCCCCCCCCCC/C=C\C/C=C\CCCCC. The maximum atomic E-state index is 12.9. The van der Waals surface area contributed by atoms with Crippen molar-refractivity contribution in [3.63, 3.8) is 0 Å². The lowest BCUT2D eigenvalue weighted by Gasteiger charge is -2.18. The molecule has 0 saturated carbocycles. The summed E-state index contributed by atoms with van der Waals surface area (Å²) in [4.78, 5) is 38.2. The van der Waals surface area contributed by atoms with Gasteiger partial charge in [-0.2, -0.15) is 0 Å². The molecule has 0 radical (unpaired) electrons. The zero-order valence-corrected chi connectivity index (χ0v) is 46.7. The van der Waals surface area contributed by atoms with Gasteiger partial charge in [-0.1, -0.05) is 241 Å². The summed E-state index contributed by atoms with van der Waals surface area (Å²) in [5.41, 5.74) is 0. The number of ether oxygens (including phenoxy) is 3. The van der Waals surface area contributed by atoms with Gasteiger partial charge in [0.25, 0.3) is 0 Å². The van der Waals surface area contributed by atoms with E-state index in [-0.39, 0.29) is 31.1 Å². The van der Waals surface area contributed by atoms with Gasteiger partial charge in [-0.25, -0.2) is 0 Å². The van der Waals surface area contributed by atoms with Crippen molar-refractivity contribution in [2.75, 3.05) is 13.2 Å². The maximum absolute atomic E-state index is 12.9. The third kappa shape index (κ3) is 57.4. The molecule has 0 aliphatic rings. The van der Waals surface area contributed by atoms with E-state index in [4.69, 9.17) is 14.2 Å². The first kappa shape index (κ1) is 67.6. The Bertz CT molecular complexity index is 1370. The summed E-state index contributed by atoms with van der Waals surface area (Å²) >= 11 is 0. The van der Waals surface area contributed by atoms with Gasteiger partial charge in [0, 0.05) is 19.3 Å². The number of rotatable bonds is 54. The maximum Gasteiger partial charge on any atom is 0.306 e. The first-order valence-electron chi connectivity index (χ1n) is 30.1. The number of unbranched alkanes of at least 4 members (excludes halogenated alkanes) is 29. The first-order valence-corrected chi connectivity index (χ1v) is 30.1. The minimum absolute atomic E-state index is 0.0918. The minimum atomic E-state index is -0.798. The number of allylic oxidation sites excluding steroid dienone is 14. The third-order valence-corrected chi connectivity index (χ3v) is 12.9. The predicted octanol–water partition coefficient (Wildman–Crippen LogP) is 20.3. The fraction of sp³-hybridized carbons (Fsp3) is 0.738. The van der Waals surface area contributed by atoms with Crippen molar-refractivity contribution in [1.29, 1.82) is 0 Å². The van der Waals surface area contributed by atoms with Crippen LogP contribution in [0, 0.1) is 0 Å². The Morgan fingerprint density at radius 3 is 0.930 bits per heavy atom. The van der Waals surface area contributed by atoms with Gasteiger partial charge in [-0.05, 0) is 116 Å². The van der Waals surface area contributed by atoms with Gasteiger partial charge >= 0.3 is 17.9 Å². The van der Waals surface area contributed by atoms with Crippen LogP contribution in [0.1, 0.15) is 290 Å². The van der Waals surface area contributed by atoms with Crippen LogP contribution in [0.2, 0.25) is 0 Å². The van der Waals surface area contributed by atoms with Crippen LogP contribution in [-0.4, -0.2) is 37.2 Å². The molecule has 6 nitrogen and oxygen atoms in total. The highest BCUT2D eigenvalue weighted by molar-refractivity contribution is 5.71. The Morgan fingerprint density at radius 2 is 0.549 bits per heavy atom. The molecule has 408 valence electrons. The largest absolute Gasteiger partial charge is 0.462 e. The topological polar surface area (TPSA) is 78.9 Å². The van der Waals surface area contributed by atoms with Gasteiger partial charge in [-0.3, -0.25) is 14.4 Å².